The molecule has 0 unspecified atom stereocenters. The number of aliphatic imine (C=N–C) groups is 1. The highest BCUT2D eigenvalue weighted by molar-refractivity contribution is 7.10. The second-order valence-corrected chi connectivity index (χ2v) is 6.64. The first-order valence-electron chi connectivity index (χ1n) is 8.19. The molecule has 0 atom stereocenters. The third kappa shape index (κ3) is 4.14. The van der Waals surface area contributed by atoms with E-state index in [0.717, 1.165) is 16.0 Å². The second-order valence-electron chi connectivity index (χ2n) is 5.67. The van der Waals surface area contributed by atoms with E-state index in [-0.39, 0.29) is 11.7 Å². The number of ketones is 1. The Kier molecular flexibility index (Phi) is 6.47. The Morgan fingerprint density at radius 3 is 2.84 bits per heavy atom. The molecule has 0 bridgehead atoms. The molecule has 0 saturated carbocycles. The quantitative estimate of drug-likeness (QED) is 0.367. The van der Waals surface area contributed by atoms with Crippen molar-refractivity contribution < 1.29 is 9.59 Å². The van der Waals surface area contributed by atoms with Crippen LogP contribution in [0.3, 0.4) is 0 Å². The zero-order valence-corrected chi connectivity index (χ0v) is 15.4. The van der Waals surface area contributed by atoms with Crippen LogP contribution in [-0.2, 0) is 17.8 Å². The van der Waals surface area contributed by atoms with Gasteiger partial charge in [-0.3, -0.25) is 14.6 Å². The van der Waals surface area contributed by atoms with E-state index >= 15 is 0 Å². The summed E-state index contributed by atoms with van der Waals surface area (Å²) in [4.78, 5) is 31.7. The molecule has 25 heavy (non-hydrogen) atoms. The molecule has 1 aromatic rings. The van der Waals surface area contributed by atoms with Gasteiger partial charge in [-0.2, -0.15) is 0 Å². The number of rotatable bonds is 6. The minimum absolute atomic E-state index is 0.0780. The van der Waals surface area contributed by atoms with Gasteiger partial charge in [0.25, 0.3) is 5.91 Å². The number of allylic oxidation sites excluding steroid dienone is 2. The van der Waals surface area contributed by atoms with Gasteiger partial charge in [-0.15, -0.1) is 11.3 Å². The number of nitrogens with two attached hydrogens (primary N) is 1. The molecule has 2 N–H and O–H groups in total. The predicted octanol–water partition coefficient (Wildman–Crippen LogP) is 3.23. The average molecular weight is 357 g/mol. The molecule has 1 amide bonds. The third-order valence-electron chi connectivity index (χ3n) is 4.11. The van der Waals surface area contributed by atoms with Gasteiger partial charge < -0.3 is 10.6 Å². The topological polar surface area (TPSA) is 75.8 Å². The van der Waals surface area contributed by atoms with Gasteiger partial charge in [-0.25, -0.2) is 0 Å². The number of carbonyl (C=O) groups is 2. The maximum atomic E-state index is 12.9. The van der Waals surface area contributed by atoms with Gasteiger partial charge in [-0.05, 0) is 31.4 Å². The number of thiophene rings is 1. The zero-order valence-electron chi connectivity index (χ0n) is 14.6. The Morgan fingerprint density at radius 1 is 1.48 bits per heavy atom. The lowest BCUT2D eigenvalue weighted by molar-refractivity contribution is -0.127. The van der Waals surface area contributed by atoms with Crippen molar-refractivity contribution in [2.45, 2.75) is 33.2 Å². The van der Waals surface area contributed by atoms with Crippen molar-refractivity contribution in [3.05, 3.63) is 58.1 Å². The molecule has 0 fully saturated rings. The van der Waals surface area contributed by atoms with Crippen LogP contribution in [0.25, 0.3) is 0 Å². The first-order chi connectivity index (χ1) is 12.0. The van der Waals surface area contributed by atoms with Gasteiger partial charge in [0.05, 0.1) is 17.8 Å². The number of carbonyl (C=O) groups excluding carboxylic acids is 2. The Bertz CT molecular complexity index is 772. The van der Waals surface area contributed by atoms with Gasteiger partial charge in [0.2, 0.25) is 0 Å². The molecule has 1 aromatic heterocycles. The normalized spacial score (nSPS) is 15.4. The fourth-order valence-electron chi connectivity index (χ4n) is 2.80. The number of hydrogen-bond donors (Lipinski definition) is 1. The van der Waals surface area contributed by atoms with Crippen LogP contribution < -0.4 is 5.73 Å². The van der Waals surface area contributed by atoms with E-state index in [9.17, 15) is 9.59 Å². The minimum Gasteiger partial charge on any atom is -0.404 e. The molecule has 1 aliphatic rings. The molecule has 1 aliphatic heterocycles. The van der Waals surface area contributed by atoms with Crippen LogP contribution in [0.5, 0.6) is 0 Å². The molecule has 5 nitrogen and oxygen atoms in total. The Morgan fingerprint density at radius 2 is 2.24 bits per heavy atom. The van der Waals surface area contributed by atoms with Gasteiger partial charge in [0.15, 0.2) is 5.78 Å². The number of amides is 1. The van der Waals surface area contributed by atoms with E-state index in [1.807, 2.05) is 12.3 Å². The molecule has 0 spiro atoms. The molecule has 6 heteroatoms. The van der Waals surface area contributed by atoms with E-state index in [1.165, 1.54) is 17.5 Å². The van der Waals surface area contributed by atoms with Crippen molar-refractivity contribution in [1.82, 2.24) is 4.90 Å². The fraction of sp³-hybridized carbons (Fsp3) is 0.316. The molecular weight excluding hydrogens is 334 g/mol. The lowest BCUT2D eigenvalue weighted by Gasteiger charge is -2.28. The van der Waals surface area contributed by atoms with Crippen molar-refractivity contribution in [2.24, 2.45) is 10.7 Å². The molecule has 0 aliphatic carbocycles. The van der Waals surface area contributed by atoms with Gasteiger partial charge in [-0.1, -0.05) is 19.6 Å². The van der Waals surface area contributed by atoms with Crippen LogP contribution in [-0.4, -0.2) is 28.8 Å². The van der Waals surface area contributed by atoms with Crippen LogP contribution >= 0.6 is 11.3 Å². The maximum Gasteiger partial charge on any atom is 0.257 e. The van der Waals surface area contributed by atoms with Crippen molar-refractivity contribution >= 4 is 28.7 Å². The largest absolute Gasteiger partial charge is 0.404 e. The number of nitrogens with zero attached hydrogens (tertiary/aromatic N) is 2. The molecule has 132 valence electrons. The van der Waals surface area contributed by atoms with Crippen molar-refractivity contribution in [3.63, 3.8) is 0 Å². The van der Waals surface area contributed by atoms with Crippen LogP contribution in [0.1, 0.15) is 41.1 Å². The third-order valence-corrected chi connectivity index (χ3v) is 5.12. The summed E-state index contributed by atoms with van der Waals surface area (Å²) in [6, 6.07) is 0. The van der Waals surface area contributed by atoms with Crippen molar-refractivity contribution in [3.8, 4) is 0 Å². The van der Waals surface area contributed by atoms with E-state index in [2.05, 4.69) is 11.6 Å². The second kappa shape index (κ2) is 8.58. The Labute approximate surface area is 152 Å². The average Bonchev–Trinajstić information content (AvgIpc) is 3.04. The van der Waals surface area contributed by atoms with Crippen LogP contribution in [0, 0.1) is 0 Å². The highest BCUT2D eigenvalue weighted by atomic mass is 32.1. The summed E-state index contributed by atoms with van der Waals surface area (Å²) >= 11 is 1.53. The number of Topliss-reactive ketones (excluding diaryl/α,β-unsaturated/α-hetero) is 1. The summed E-state index contributed by atoms with van der Waals surface area (Å²) < 4.78 is 0. The predicted molar refractivity (Wildman–Crippen MR) is 103 cm³/mol. The monoisotopic (exact) mass is 357 g/mol. The lowest BCUT2D eigenvalue weighted by Crippen LogP contribution is -2.38. The summed E-state index contributed by atoms with van der Waals surface area (Å²) in [6.07, 6.45) is 7.55. The molecular formula is C19H23N3O2S. The van der Waals surface area contributed by atoms with Crippen LogP contribution in [0.4, 0.5) is 0 Å². The summed E-state index contributed by atoms with van der Waals surface area (Å²) in [5.41, 5.74) is 8.65. The lowest BCUT2D eigenvalue weighted by atomic mass is 10.00. The SMILES string of the molecule is C=C\C=C/N=C(CC)\C(=C/N)C(=O)N1CCc2c(C(C)=O)csc2C1. The minimum atomic E-state index is -0.126. The summed E-state index contributed by atoms with van der Waals surface area (Å²) in [5.74, 6) is -0.0484. The van der Waals surface area contributed by atoms with Gasteiger partial charge in [0.1, 0.15) is 0 Å². The van der Waals surface area contributed by atoms with Gasteiger partial charge in [0, 0.05) is 34.8 Å². The standard InChI is InChI=1S/C19H23N3O2S/c1-4-6-8-21-17(5-2)15(10-20)19(24)22-9-7-14-16(13(3)23)12-25-18(14)11-22/h4,6,8,10,12H,1,5,7,9,11,20H2,2-3H3/b8-6-,15-10+,21-17-. The first kappa shape index (κ1) is 18.9. The van der Waals surface area contributed by atoms with Gasteiger partial charge >= 0.3 is 0 Å². The molecule has 2 heterocycles. The van der Waals surface area contributed by atoms with E-state index in [0.29, 0.717) is 37.2 Å². The van der Waals surface area contributed by atoms with Crippen molar-refractivity contribution in [1.29, 1.82) is 0 Å². The number of fused-ring (bicyclic) bond motifs is 1. The van der Waals surface area contributed by atoms with Crippen LogP contribution in [0.15, 0.2) is 47.1 Å². The first-order valence-corrected chi connectivity index (χ1v) is 9.07. The summed E-state index contributed by atoms with van der Waals surface area (Å²) in [7, 11) is 0. The Hall–Kier alpha value is -2.47. The highest BCUT2D eigenvalue weighted by Gasteiger charge is 2.28. The van der Waals surface area contributed by atoms with Crippen LogP contribution in [0.2, 0.25) is 0 Å². The zero-order chi connectivity index (χ0) is 18.4. The smallest absolute Gasteiger partial charge is 0.257 e. The van der Waals surface area contributed by atoms with E-state index < -0.39 is 0 Å². The van der Waals surface area contributed by atoms with E-state index in [1.54, 1.807) is 30.2 Å². The molecule has 0 radical (unpaired) electrons. The fourth-order valence-corrected chi connectivity index (χ4v) is 3.96. The van der Waals surface area contributed by atoms with Crippen molar-refractivity contribution in [2.75, 3.05) is 6.54 Å². The highest BCUT2D eigenvalue weighted by Crippen LogP contribution is 2.29. The molecule has 0 saturated heterocycles. The summed E-state index contributed by atoms with van der Waals surface area (Å²) in [5, 5.41) is 1.89. The van der Waals surface area contributed by atoms with E-state index in [4.69, 9.17) is 5.73 Å². The Balaban J connectivity index is 2.21. The maximum absolute atomic E-state index is 12.9. The molecule has 2 rings (SSSR count). The summed E-state index contributed by atoms with van der Waals surface area (Å²) in [6.45, 7) is 8.19. The number of hydrogen-bond acceptors (Lipinski definition) is 5. The molecule has 0 aromatic carbocycles.